The fraction of sp³-hybridized carbons (Fsp3) is 0. The van der Waals surface area contributed by atoms with E-state index in [1.54, 1.807) is 22.7 Å². The maximum atomic E-state index is 9.55. The van der Waals surface area contributed by atoms with E-state index in [0.717, 1.165) is 15.5 Å². The first-order valence-electron chi connectivity index (χ1n) is 20.5. The lowest BCUT2D eigenvalue weighted by atomic mass is 10.0. The Morgan fingerprint density at radius 1 is 0.365 bits per heavy atom. The Morgan fingerprint density at radius 3 is 1.37 bits per heavy atom. The lowest BCUT2D eigenvalue weighted by molar-refractivity contribution is 1.18. The second-order valence-corrected chi connectivity index (χ2v) is 18.8. The summed E-state index contributed by atoms with van der Waals surface area (Å²) in [4.78, 5) is 0. The van der Waals surface area contributed by atoms with E-state index in [2.05, 4.69) is 189 Å². The highest BCUT2D eigenvalue weighted by Crippen LogP contribution is 2.41. The number of nitriles is 2. The van der Waals surface area contributed by atoms with Gasteiger partial charge in [0.1, 0.15) is 0 Å². The Kier molecular flexibility index (Phi) is 8.77. The smallest absolute Gasteiger partial charge is 0.0991 e. The monoisotopic (exact) mass is 924 g/mol. The van der Waals surface area contributed by atoms with Gasteiger partial charge in [0, 0.05) is 93.4 Å². The zero-order valence-electron chi connectivity index (χ0n) is 33.4. The highest BCUT2D eigenvalue weighted by molar-refractivity contribution is 9.10. The first-order valence-corrected chi connectivity index (χ1v) is 23.0. The molecule has 0 atom stereocenters. The van der Waals surface area contributed by atoms with Gasteiger partial charge >= 0.3 is 0 Å². The quantitative estimate of drug-likeness (QED) is 0.177. The zero-order chi connectivity index (χ0) is 42.2. The molecule has 4 heterocycles. The van der Waals surface area contributed by atoms with Crippen LogP contribution in [0.15, 0.2) is 193 Å². The van der Waals surface area contributed by atoms with Crippen LogP contribution < -0.4 is 0 Å². The van der Waals surface area contributed by atoms with Crippen LogP contribution in [0.25, 0.3) is 106 Å². The van der Waals surface area contributed by atoms with Gasteiger partial charge in [-0.3, -0.25) is 0 Å². The van der Waals surface area contributed by atoms with Crippen LogP contribution in [0, 0.1) is 22.7 Å². The van der Waals surface area contributed by atoms with Crippen molar-refractivity contribution in [1.82, 2.24) is 9.13 Å². The summed E-state index contributed by atoms with van der Waals surface area (Å²) >= 11 is 7.01. The Morgan fingerprint density at radius 2 is 0.810 bits per heavy atom. The van der Waals surface area contributed by atoms with Gasteiger partial charge in [0.25, 0.3) is 0 Å². The standard InChI is InChI=1S/C43H25N3S.C13H6BrNS.11H2/c44-26-27-14-20-42-36(22-27)37-25-31(17-21-43(37)47-42)46-39-13-7-5-11-33(39)35-24-29(16-19-41(35)46)28-15-18-40-34(23-28)32-10-4-6-12-38(32)45(40)30-8-2-1-3-9-30;14-9-2-4-13-11(6-9)10-5-8(7-15)1-3-12(10)16-13;;;;;;;;;;;/h1-25H;1-6H;11*1H. The van der Waals surface area contributed by atoms with E-state index in [1.807, 2.05) is 36.4 Å². The molecule has 0 unspecified atom stereocenters. The van der Waals surface area contributed by atoms with Crippen molar-refractivity contribution >= 4 is 123 Å². The van der Waals surface area contributed by atoms with Crippen LogP contribution in [0.1, 0.15) is 26.8 Å². The number of thiophene rings is 2. The van der Waals surface area contributed by atoms with Crippen molar-refractivity contribution in [2.75, 3.05) is 0 Å². The van der Waals surface area contributed by atoms with Gasteiger partial charge in [0.2, 0.25) is 0 Å². The van der Waals surface area contributed by atoms with Crippen molar-refractivity contribution < 1.29 is 15.7 Å². The van der Waals surface area contributed by atoms with E-state index in [4.69, 9.17) is 5.26 Å². The average Bonchev–Trinajstić information content (AvgIpc) is 4.08. The third-order valence-electron chi connectivity index (χ3n) is 12.1. The number of aromatic nitrogens is 2. The molecule has 9 aromatic carbocycles. The van der Waals surface area contributed by atoms with E-state index in [1.165, 1.54) is 95.4 Å². The highest BCUT2D eigenvalue weighted by Gasteiger charge is 2.17. The molecule has 4 nitrogen and oxygen atoms in total. The van der Waals surface area contributed by atoms with Crippen molar-refractivity contribution in [2.45, 2.75) is 0 Å². The Labute approximate surface area is 394 Å². The van der Waals surface area contributed by atoms with Crippen LogP contribution in [-0.4, -0.2) is 9.13 Å². The van der Waals surface area contributed by atoms with E-state index in [-0.39, 0.29) is 15.7 Å². The van der Waals surface area contributed by atoms with Crippen LogP contribution in [-0.2, 0) is 0 Å². The molecule has 0 aliphatic carbocycles. The van der Waals surface area contributed by atoms with Gasteiger partial charge < -0.3 is 9.13 Å². The fourth-order valence-electron chi connectivity index (χ4n) is 9.23. The molecular weight excluding hydrogens is 873 g/mol. The molecule has 316 valence electrons. The molecule has 0 saturated heterocycles. The number of hydrogen-bond acceptors (Lipinski definition) is 4. The van der Waals surface area contributed by atoms with Gasteiger partial charge in [0.15, 0.2) is 0 Å². The van der Waals surface area contributed by atoms with Gasteiger partial charge in [-0.05, 0) is 132 Å². The van der Waals surface area contributed by atoms with Crippen molar-refractivity contribution in [2.24, 2.45) is 0 Å². The maximum absolute atomic E-state index is 9.55. The molecule has 0 fully saturated rings. The minimum atomic E-state index is 0. The number of halogens is 1. The summed E-state index contributed by atoms with van der Waals surface area (Å²) in [6.07, 6.45) is 0. The lowest BCUT2D eigenvalue weighted by Crippen LogP contribution is -1.93. The Balaban J connectivity index is 0.000000882. The topological polar surface area (TPSA) is 57.4 Å². The summed E-state index contributed by atoms with van der Waals surface area (Å²) in [6.45, 7) is 0. The van der Waals surface area contributed by atoms with Crippen molar-refractivity contribution in [3.8, 4) is 34.6 Å². The lowest BCUT2D eigenvalue weighted by Gasteiger charge is -2.10. The SMILES string of the molecule is N#Cc1ccc2sc3ccc(-n4c5ccccc5c5cc(-c6ccc7c(c6)c6ccccc6n7-c6ccccc6)ccc54)cc3c2c1.N#Cc1ccc2sc3ccc(Br)cc3c2c1.[HH].[HH].[HH].[HH].[HH].[HH].[HH].[HH].[HH].[HH].[HH]. The molecule has 0 saturated carbocycles. The molecule has 4 aromatic heterocycles. The van der Waals surface area contributed by atoms with Crippen LogP contribution in [0.4, 0.5) is 0 Å². The summed E-state index contributed by atoms with van der Waals surface area (Å²) in [5, 5.41) is 28.1. The molecular formula is C56H53BrN4S2. The van der Waals surface area contributed by atoms with E-state index in [9.17, 15) is 5.26 Å². The van der Waals surface area contributed by atoms with E-state index < -0.39 is 0 Å². The second-order valence-electron chi connectivity index (χ2n) is 15.7. The summed E-state index contributed by atoms with van der Waals surface area (Å²) in [5.41, 5.74) is 10.9. The zero-order valence-corrected chi connectivity index (χ0v) is 36.6. The van der Waals surface area contributed by atoms with Gasteiger partial charge in [-0.25, -0.2) is 0 Å². The second kappa shape index (κ2) is 14.8. The molecule has 7 heteroatoms. The van der Waals surface area contributed by atoms with Gasteiger partial charge in [-0.1, -0.05) is 82.7 Å². The molecule has 0 aliphatic rings. The number of benzene rings is 9. The number of fused-ring (bicyclic) bond motifs is 12. The summed E-state index contributed by atoms with van der Waals surface area (Å²) in [6, 6.07) is 71.0. The van der Waals surface area contributed by atoms with Crippen LogP contribution in [0.3, 0.4) is 0 Å². The molecule has 0 aliphatic heterocycles. The molecule has 0 spiro atoms. The summed E-state index contributed by atoms with van der Waals surface area (Å²) in [7, 11) is 0. The van der Waals surface area contributed by atoms with Crippen molar-refractivity contribution in [1.29, 1.82) is 10.5 Å². The van der Waals surface area contributed by atoms with Gasteiger partial charge in [-0.2, -0.15) is 10.5 Å². The van der Waals surface area contributed by atoms with E-state index >= 15 is 0 Å². The minimum Gasteiger partial charge on any atom is -0.309 e. The number of para-hydroxylation sites is 3. The highest BCUT2D eigenvalue weighted by atomic mass is 79.9. The van der Waals surface area contributed by atoms with Gasteiger partial charge in [-0.15, -0.1) is 22.7 Å². The molecule has 0 bridgehead atoms. The first-order chi connectivity index (χ1) is 31.0. The number of hydrogen-bond donors (Lipinski definition) is 0. The van der Waals surface area contributed by atoms with Crippen LogP contribution in [0.2, 0.25) is 0 Å². The number of rotatable bonds is 3. The molecule has 0 radical (unpaired) electrons. The van der Waals surface area contributed by atoms with Crippen molar-refractivity contribution in [3.63, 3.8) is 0 Å². The van der Waals surface area contributed by atoms with Crippen LogP contribution in [0.5, 0.6) is 0 Å². The summed E-state index contributed by atoms with van der Waals surface area (Å²) < 4.78 is 10.7. The first kappa shape index (κ1) is 37.3. The van der Waals surface area contributed by atoms with Crippen molar-refractivity contribution in [3.05, 3.63) is 204 Å². The molecule has 13 rings (SSSR count). The Hall–Kier alpha value is -7.52. The third kappa shape index (κ3) is 6.13. The molecule has 63 heavy (non-hydrogen) atoms. The summed E-state index contributed by atoms with van der Waals surface area (Å²) in [5.74, 6) is 0. The minimum absolute atomic E-state index is 0. The average molecular weight is 926 g/mol. The van der Waals surface area contributed by atoms with Gasteiger partial charge in [0.05, 0.1) is 45.3 Å². The number of nitrogens with zero attached hydrogens (tertiary/aromatic N) is 4. The molecule has 13 aromatic rings. The maximum Gasteiger partial charge on any atom is 0.0991 e. The largest absolute Gasteiger partial charge is 0.309 e. The fourth-order valence-corrected chi connectivity index (χ4v) is 11.7. The third-order valence-corrected chi connectivity index (χ3v) is 14.9. The predicted octanol–water partition coefficient (Wildman–Crippen LogP) is 19.2. The van der Waals surface area contributed by atoms with E-state index in [0.29, 0.717) is 11.1 Å². The predicted molar refractivity (Wildman–Crippen MR) is 293 cm³/mol. The normalized spacial score (nSPS) is 11.5. The molecule has 0 N–H and O–H groups in total. The van der Waals surface area contributed by atoms with Crippen LogP contribution >= 0.6 is 38.6 Å². The Bertz CT molecular complexity index is 4130. The molecule has 0 amide bonds.